The number of rotatable bonds is 5. The normalized spacial score (nSPS) is 17.7. The molecule has 1 aromatic heterocycles. The number of aromatic nitrogens is 2. The Hall–Kier alpha value is -2.58. The lowest BCUT2D eigenvalue weighted by atomic mass is 9.84. The summed E-state index contributed by atoms with van der Waals surface area (Å²) in [5.41, 5.74) is 1.71. The number of carbonyl (C=O) groups is 3. The predicted octanol–water partition coefficient (Wildman–Crippen LogP) is 0.386. The molecule has 0 spiro atoms. The fraction of sp³-hybridized carbons (Fsp3) is 0.647. The molecule has 2 N–H and O–H groups in total. The number of carbonyl (C=O) groups excluding carboxylic acids is 3. The number of nitrogens with zero attached hydrogens (tertiary/aromatic N) is 3. The fourth-order valence-electron chi connectivity index (χ4n) is 3.15. The molecule has 0 aromatic carbocycles. The molecule has 142 valence electrons. The largest absolute Gasteiger partial charge is 0.453 e. The molecule has 1 saturated carbocycles. The van der Waals surface area contributed by atoms with E-state index >= 15 is 0 Å². The first-order valence-electron chi connectivity index (χ1n) is 8.94. The second kappa shape index (κ2) is 7.76. The summed E-state index contributed by atoms with van der Waals surface area (Å²) < 4.78 is 6.36. The highest BCUT2D eigenvalue weighted by molar-refractivity contribution is 5.85. The average Bonchev–Trinajstić information content (AvgIpc) is 2.99. The van der Waals surface area contributed by atoms with Crippen molar-refractivity contribution in [3.05, 3.63) is 17.5 Å². The Morgan fingerprint density at radius 1 is 1.35 bits per heavy atom. The SMILES string of the molecule is COC(=O)N[C@@H](C)C(=O)NCc1cc2n(n1)CCN(C(=O)C1CCC1)C2. The van der Waals surface area contributed by atoms with Crippen molar-refractivity contribution < 1.29 is 19.1 Å². The summed E-state index contributed by atoms with van der Waals surface area (Å²) in [5, 5.41) is 9.64. The molecule has 3 amide bonds. The zero-order valence-electron chi connectivity index (χ0n) is 15.2. The van der Waals surface area contributed by atoms with Crippen LogP contribution in [0.1, 0.15) is 37.6 Å². The smallest absolute Gasteiger partial charge is 0.407 e. The van der Waals surface area contributed by atoms with Crippen LogP contribution in [-0.2, 0) is 34.0 Å². The number of nitrogens with one attached hydrogen (secondary N) is 2. The molecule has 3 rings (SSSR count). The van der Waals surface area contributed by atoms with Gasteiger partial charge in [0.1, 0.15) is 6.04 Å². The van der Waals surface area contributed by atoms with E-state index in [0.717, 1.165) is 30.7 Å². The van der Waals surface area contributed by atoms with Gasteiger partial charge in [-0.15, -0.1) is 0 Å². The summed E-state index contributed by atoms with van der Waals surface area (Å²) in [4.78, 5) is 37.4. The standard InChI is InChI=1S/C17H25N5O4/c1-11(19-17(25)26-2)15(23)18-9-13-8-14-10-21(6-7-22(14)20-13)16(24)12-4-3-5-12/h8,11-12H,3-7,9-10H2,1-2H3,(H,18,23)(H,19,25)/t11-/m0/s1. The highest BCUT2D eigenvalue weighted by Gasteiger charge is 2.31. The fourth-order valence-corrected chi connectivity index (χ4v) is 3.15. The lowest BCUT2D eigenvalue weighted by Crippen LogP contribution is -2.44. The monoisotopic (exact) mass is 363 g/mol. The molecule has 1 aliphatic heterocycles. The molecular weight excluding hydrogens is 338 g/mol. The van der Waals surface area contributed by atoms with Crippen LogP contribution in [0.5, 0.6) is 0 Å². The minimum atomic E-state index is -0.699. The molecule has 2 heterocycles. The van der Waals surface area contributed by atoms with Gasteiger partial charge >= 0.3 is 6.09 Å². The van der Waals surface area contributed by atoms with Gasteiger partial charge in [-0.25, -0.2) is 4.79 Å². The van der Waals surface area contributed by atoms with E-state index in [-0.39, 0.29) is 24.3 Å². The van der Waals surface area contributed by atoms with Gasteiger partial charge in [0, 0.05) is 12.5 Å². The van der Waals surface area contributed by atoms with E-state index in [1.165, 1.54) is 7.11 Å². The van der Waals surface area contributed by atoms with Crippen LogP contribution in [0, 0.1) is 5.92 Å². The maximum absolute atomic E-state index is 12.4. The van der Waals surface area contributed by atoms with Crippen molar-refractivity contribution in [2.24, 2.45) is 5.92 Å². The van der Waals surface area contributed by atoms with E-state index in [1.807, 2.05) is 15.6 Å². The van der Waals surface area contributed by atoms with Crippen LogP contribution in [0.3, 0.4) is 0 Å². The maximum Gasteiger partial charge on any atom is 0.407 e. The van der Waals surface area contributed by atoms with Crippen LogP contribution in [0.4, 0.5) is 4.79 Å². The third kappa shape index (κ3) is 3.97. The van der Waals surface area contributed by atoms with E-state index in [2.05, 4.69) is 20.5 Å². The Morgan fingerprint density at radius 3 is 2.77 bits per heavy atom. The Bertz CT molecular complexity index is 697. The van der Waals surface area contributed by atoms with Crippen molar-refractivity contribution in [1.82, 2.24) is 25.3 Å². The summed E-state index contributed by atoms with van der Waals surface area (Å²) in [6.45, 7) is 3.76. The zero-order valence-corrected chi connectivity index (χ0v) is 15.2. The van der Waals surface area contributed by atoms with Crippen LogP contribution in [0.15, 0.2) is 6.07 Å². The summed E-state index contributed by atoms with van der Waals surface area (Å²) in [7, 11) is 1.24. The molecule has 9 heteroatoms. The predicted molar refractivity (Wildman–Crippen MR) is 91.8 cm³/mol. The van der Waals surface area contributed by atoms with E-state index in [0.29, 0.717) is 19.6 Å². The lowest BCUT2D eigenvalue weighted by molar-refractivity contribution is -0.139. The second-order valence-corrected chi connectivity index (χ2v) is 6.81. The van der Waals surface area contributed by atoms with Gasteiger partial charge in [0.2, 0.25) is 11.8 Å². The average molecular weight is 363 g/mol. The number of hydrogen-bond donors (Lipinski definition) is 2. The third-order valence-electron chi connectivity index (χ3n) is 4.97. The first-order valence-corrected chi connectivity index (χ1v) is 8.94. The number of hydrogen-bond acceptors (Lipinski definition) is 5. The van der Waals surface area contributed by atoms with E-state index in [4.69, 9.17) is 0 Å². The third-order valence-corrected chi connectivity index (χ3v) is 4.97. The quantitative estimate of drug-likeness (QED) is 0.787. The Morgan fingerprint density at radius 2 is 2.12 bits per heavy atom. The number of fused-ring (bicyclic) bond motifs is 1. The molecule has 1 aromatic rings. The van der Waals surface area contributed by atoms with Gasteiger partial charge in [-0.1, -0.05) is 6.42 Å². The van der Waals surface area contributed by atoms with Gasteiger partial charge in [0.05, 0.1) is 38.1 Å². The zero-order chi connectivity index (χ0) is 18.7. The summed E-state index contributed by atoms with van der Waals surface area (Å²) in [5.74, 6) is 0.136. The molecule has 0 unspecified atom stereocenters. The molecule has 26 heavy (non-hydrogen) atoms. The number of alkyl carbamates (subject to hydrolysis) is 1. The lowest BCUT2D eigenvalue weighted by Gasteiger charge is -2.34. The van der Waals surface area contributed by atoms with Gasteiger partial charge in [-0.3, -0.25) is 14.3 Å². The van der Waals surface area contributed by atoms with E-state index in [1.54, 1.807) is 6.92 Å². The molecule has 1 fully saturated rings. The first kappa shape index (κ1) is 18.2. The van der Waals surface area contributed by atoms with Crippen molar-refractivity contribution in [3.63, 3.8) is 0 Å². The minimum absolute atomic E-state index is 0.201. The molecule has 0 bridgehead atoms. The topological polar surface area (TPSA) is 106 Å². The maximum atomic E-state index is 12.4. The van der Waals surface area contributed by atoms with Gasteiger partial charge in [0.25, 0.3) is 0 Å². The van der Waals surface area contributed by atoms with Crippen LogP contribution in [0.25, 0.3) is 0 Å². The van der Waals surface area contributed by atoms with Crippen molar-refractivity contribution >= 4 is 17.9 Å². The molecule has 0 radical (unpaired) electrons. The second-order valence-electron chi connectivity index (χ2n) is 6.81. The van der Waals surface area contributed by atoms with Crippen molar-refractivity contribution in [2.45, 2.75) is 51.9 Å². The molecule has 9 nitrogen and oxygen atoms in total. The molecular formula is C17H25N5O4. The van der Waals surface area contributed by atoms with E-state index < -0.39 is 12.1 Å². The Labute approximate surface area is 152 Å². The highest BCUT2D eigenvalue weighted by Crippen LogP contribution is 2.29. The summed E-state index contributed by atoms with van der Waals surface area (Å²) in [6, 6.07) is 1.22. The molecule has 1 atom stereocenters. The van der Waals surface area contributed by atoms with Crippen molar-refractivity contribution in [3.8, 4) is 0 Å². The minimum Gasteiger partial charge on any atom is -0.453 e. The number of ether oxygens (including phenoxy) is 1. The Balaban J connectivity index is 1.52. The number of methoxy groups -OCH3 is 1. The van der Waals surface area contributed by atoms with Gasteiger partial charge in [-0.05, 0) is 25.8 Å². The molecule has 2 aliphatic rings. The van der Waals surface area contributed by atoms with Crippen LogP contribution >= 0.6 is 0 Å². The summed E-state index contributed by atoms with van der Waals surface area (Å²) >= 11 is 0. The van der Waals surface area contributed by atoms with Crippen molar-refractivity contribution in [2.75, 3.05) is 13.7 Å². The van der Waals surface area contributed by atoms with E-state index in [9.17, 15) is 14.4 Å². The van der Waals surface area contributed by atoms with Crippen LogP contribution < -0.4 is 10.6 Å². The van der Waals surface area contributed by atoms with Crippen molar-refractivity contribution in [1.29, 1.82) is 0 Å². The Kier molecular flexibility index (Phi) is 5.43. The first-order chi connectivity index (χ1) is 12.5. The highest BCUT2D eigenvalue weighted by atomic mass is 16.5. The van der Waals surface area contributed by atoms with Gasteiger partial charge < -0.3 is 20.3 Å². The van der Waals surface area contributed by atoms with Crippen LogP contribution in [0.2, 0.25) is 0 Å². The van der Waals surface area contributed by atoms with Gasteiger partial charge in [-0.2, -0.15) is 5.10 Å². The number of amides is 3. The van der Waals surface area contributed by atoms with Gasteiger partial charge in [0.15, 0.2) is 0 Å². The summed E-state index contributed by atoms with van der Waals surface area (Å²) in [6.07, 6.45) is 2.50. The molecule has 0 saturated heterocycles. The molecule has 1 aliphatic carbocycles. The van der Waals surface area contributed by atoms with Crippen LogP contribution in [-0.4, -0.2) is 52.3 Å².